The van der Waals surface area contributed by atoms with Crippen LogP contribution in [0, 0.1) is 5.41 Å². The molecule has 0 aliphatic carbocycles. The van der Waals surface area contributed by atoms with Crippen molar-refractivity contribution in [3.63, 3.8) is 0 Å². The largest absolute Gasteiger partial charge is 0.497 e. The molecule has 2 amide bonds. The van der Waals surface area contributed by atoms with E-state index >= 15 is 0 Å². The third-order valence-corrected chi connectivity index (χ3v) is 9.45. The van der Waals surface area contributed by atoms with Gasteiger partial charge < -0.3 is 19.9 Å². The van der Waals surface area contributed by atoms with Gasteiger partial charge in [0.25, 0.3) is 5.91 Å². The van der Waals surface area contributed by atoms with E-state index in [2.05, 4.69) is 10.3 Å². The summed E-state index contributed by atoms with van der Waals surface area (Å²) in [5.41, 5.74) is 3.21. The Morgan fingerprint density at radius 3 is 2.35 bits per heavy atom. The van der Waals surface area contributed by atoms with Crippen molar-refractivity contribution in [1.29, 1.82) is 5.41 Å². The second-order valence-corrected chi connectivity index (χ2v) is 12.4. The van der Waals surface area contributed by atoms with Crippen LogP contribution < -0.4 is 19.9 Å². The summed E-state index contributed by atoms with van der Waals surface area (Å²) in [6.07, 6.45) is 2.72. The van der Waals surface area contributed by atoms with E-state index in [1.54, 1.807) is 41.2 Å². The van der Waals surface area contributed by atoms with Crippen molar-refractivity contribution in [2.75, 3.05) is 35.3 Å². The lowest BCUT2D eigenvalue weighted by Gasteiger charge is -2.32. The number of benzene rings is 3. The lowest BCUT2D eigenvalue weighted by molar-refractivity contribution is -0.119. The molecule has 11 heteroatoms. The summed E-state index contributed by atoms with van der Waals surface area (Å²) in [5.74, 6) is 0.429. The number of rotatable bonds is 8. The van der Waals surface area contributed by atoms with E-state index < -0.39 is 5.12 Å². The van der Waals surface area contributed by atoms with Crippen molar-refractivity contribution in [1.82, 2.24) is 4.98 Å². The molecule has 0 saturated carbocycles. The molecule has 1 saturated heterocycles. The number of anilines is 3. The zero-order valence-corrected chi connectivity index (χ0v) is 25.1. The summed E-state index contributed by atoms with van der Waals surface area (Å²) in [5, 5.41) is 11.5. The van der Waals surface area contributed by atoms with Crippen molar-refractivity contribution >= 4 is 73.0 Å². The van der Waals surface area contributed by atoms with Gasteiger partial charge in [0.05, 0.1) is 17.3 Å². The molecule has 218 valence electrons. The van der Waals surface area contributed by atoms with E-state index in [0.29, 0.717) is 53.0 Å². The first kappa shape index (κ1) is 28.6. The van der Waals surface area contributed by atoms with E-state index in [4.69, 9.17) is 10.1 Å². The number of ether oxygens (including phenoxy) is 1. The minimum Gasteiger partial charge on any atom is -0.497 e. The number of aromatic nitrogens is 1. The van der Waals surface area contributed by atoms with Gasteiger partial charge >= 0.3 is 0 Å². The van der Waals surface area contributed by atoms with Gasteiger partial charge in [0, 0.05) is 42.1 Å². The maximum absolute atomic E-state index is 14.0. The quantitative estimate of drug-likeness (QED) is 0.178. The van der Waals surface area contributed by atoms with E-state index in [-0.39, 0.29) is 23.2 Å². The number of piperidine rings is 1. The number of para-hydroxylation sites is 1. The van der Waals surface area contributed by atoms with Gasteiger partial charge in [-0.2, -0.15) is 0 Å². The SMILES string of the molecule is COc1ccc(NC2=C(C(=N)C(=O)Sc3nc4ccccc4s3)CCN(c3ccc(N4CCCCC4=O)cc3)C2=O)cc1. The molecule has 1 fully saturated rings. The monoisotopic (exact) mass is 611 g/mol. The van der Waals surface area contributed by atoms with Crippen LogP contribution in [0.3, 0.4) is 0 Å². The summed E-state index contributed by atoms with van der Waals surface area (Å²) in [6, 6.07) is 22.1. The van der Waals surface area contributed by atoms with Crippen molar-refractivity contribution < 1.29 is 19.1 Å². The number of thiazole rings is 1. The summed E-state index contributed by atoms with van der Waals surface area (Å²) in [6.45, 7) is 0.986. The first-order chi connectivity index (χ1) is 20.9. The summed E-state index contributed by atoms with van der Waals surface area (Å²) in [7, 11) is 1.58. The van der Waals surface area contributed by atoms with Crippen molar-refractivity contribution in [3.8, 4) is 5.75 Å². The molecule has 9 nitrogen and oxygen atoms in total. The molecule has 43 heavy (non-hydrogen) atoms. The Bertz CT molecular complexity index is 1710. The maximum Gasteiger partial charge on any atom is 0.275 e. The number of methoxy groups -OCH3 is 1. The van der Waals surface area contributed by atoms with Gasteiger partial charge in [-0.25, -0.2) is 4.98 Å². The van der Waals surface area contributed by atoms with Crippen molar-refractivity contribution in [2.45, 2.75) is 30.0 Å². The van der Waals surface area contributed by atoms with Crippen LogP contribution in [0.1, 0.15) is 25.7 Å². The summed E-state index contributed by atoms with van der Waals surface area (Å²) in [4.78, 5) is 47.6. The van der Waals surface area contributed by atoms with Gasteiger partial charge in [-0.15, -0.1) is 11.3 Å². The number of thioether (sulfide) groups is 1. The fourth-order valence-electron chi connectivity index (χ4n) is 5.20. The molecule has 3 heterocycles. The van der Waals surface area contributed by atoms with Gasteiger partial charge in [0.15, 0.2) is 4.34 Å². The lowest BCUT2D eigenvalue weighted by Crippen LogP contribution is -2.41. The van der Waals surface area contributed by atoms with Gasteiger partial charge in [0.1, 0.15) is 17.2 Å². The predicted octanol–water partition coefficient (Wildman–Crippen LogP) is 6.26. The molecule has 6 rings (SSSR count). The fraction of sp³-hybridized carbons (Fsp3) is 0.219. The van der Waals surface area contributed by atoms with Gasteiger partial charge in [-0.3, -0.25) is 19.8 Å². The van der Waals surface area contributed by atoms with Crippen molar-refractivity contribution in [3.05, 3.63) is 84.1 Å². The highest BCUT2D eigenvalue weighted by molar-refractivity contribution is 8.16. The molecule has 0 spiro atoms. The third-order valence-electron chi connectivity index (χ3n) is 7.46. The van der Waals surface area contributed by atoms with Gasteiger partial charge in [0.2, 0.25) is 11.0 Å². The zero-order valence-electron chi connectivity index (χ0n) is 23.5. The number of carbonyl (C=O) groups is 3. The minimum absolute atomic E-state index is 0.110. The summed E-state index contributed by atoms with van der Waals surface area (Å²) >= 11 is 2.30. The molecular weight excluding hydrogens is 583 g/mol. The number of nitrogens with zero attached hydrogens (tertiary/aromatic N) is 3. The van der Waals surface area contributed by atoms with E-state index in [1.807, 2.05) is 48.5 Å². The number of hydrogen-bond donors (Lipinski definition) is 2. The second-order valence-electron chi connectivity index (χ2n) is 10.1. The topological polar surface area (TPSA) is 116 Å². The highest BCUT2D eigenvalue weighted by Gasteiger charge is 2.33. The Labute approximate surface area is 257 Å². The van der Waals surface area contributed by atoms with Crippen LogP contribution in [-0.4, -0.2) is 47.8 Å². The molecule has 2 aliphatic heterocycles. The Morgan fingerprint density at radius 1 is 0.930 bits per heavy atom. The molecule has 0 unspecified atom stereocenters. The smallest absolute Gasteiger partial charge is 0.275 e. The standard InChI is InChI=1S/C32H29N5O4S2/c1-41-23-15-9-20(10-16-23)34-29-24(28(33)31(40)43-32-35-25-6-2-3-7-26(25)42-32)17-19-37(30(29)39)22-13-11-21(12-14-22)36-18-5-4-8-27(36)38/h2-3,6-7,9-16,33-34H,4-5,8,17-19H2,1H3. The number of nitrogens with one attached hydrogen (secondary N) is 2. The Balaban J connectivity index is 1.28. The van der Waals surface area contributed by atoms with E-state index in [9.17, 15) is 14.4 Å². The molecule has 0 atom stereocenters. The molecule has 1 aromatic heterocycles. The number of hydrogen-bond acceptors (Lipinski definition) is 9. The lowest BCUT2D eigenvalue weighted by atomic mass is 9.99. The highest BCUT2D eigenvalue weighted by Crippen LogP contribution is 2.33. The number of fused-ring (bicyclic) bond motifs is 1. The first-order valence-corrected chi connectivity index (χ1v) is 15.6. The number of carbonyl (C=O) groups excluding carboxylic acids is 3. The molecule has 3 aromatic carbocycles. The second kappa shape index (κ2) is 12.4. The van der Waals surface area contributed by atoms with Crippen LogP contribution in [0.4, 0.5) is 17.1 Å². The Hall–Kier alpha value is -4.48. The van der Waals surface area contributed by atoms with Crippen LogP contribution >= 0.6 is 23.1 Å². The Kier molecular flexibility index (Phi) is 8.26. The maximum atomic E-state index is 14.0. The first-order valence-electron chi connectivity index (χ1n) is 13.9. The molecule has 2 aliphatic rings. The van der Waals surface area contributed by atoms with E-state index in [0.717, 1.165) is 40.5 Å². The van der Waals surface area contributed by atoms with Crippen molar-refractivity contribution in [2.24, 2.45) is 0 Å². The molecule has 0 bridgehead atoms. The van der Waals surface area contributed by atoms with Crippen LogP contribution in [0.15, 0.2) is 88.4 Å². The Morgan fingerprint density at radius 2 is 1.65 bits per heavy atom. The average molecular weight is 612 g/mol. The van der Waals surface area contributed by atoms with Crippen LogP contribution in [-0.2, 0) is 14.4 Å². The molecule has 2 N–H and O–H groups in total. The fourth-order valence-corrected chi connectivity index (χ4v) is 7.09. The normalized spacial score (nSPS) is 15.7. The van der Waals surface area contributed by atoms with Crippen LogP contribution in [0.2, 0.25) is 0 Å². The average Bonchev–Trinajstić information content (AvgIpc) is 3.45. The third kappa shape index (κ3) is 6.04. The predicted molar refractivity (Wildman–Crippen MR) is 171 cm³/mol. The number of amides is 2. The van der Waals surface area contributed by atoms with Gasteiger partial charge in [-0.1, -0.05) is 12.1 Å². The molecule has 4 aromatic rings. The summed E-state index contributed by atoms with van der Waals surface area (Å²) < 4.78 is 6.77. The zero-order chi connectivity index (χ0) is 29.9. The van der Waals surface area contributed by atoms with Crippen LogP contribution in [0.25, 0.3) is 10.2 Å². The highest BCUT2D eigenvalue weighted by atomic mass is 32.2. The minimum atomic E-state index is -0.472. The van der Waals surface area contributed by atoms with Gasteiger partial charge in [-0.05, 0) is 91.7 Å². The van der Waals surface area contributed by atoms with Crippen LogP contribution in [0.5, 0.6) is 5.75 Å². The molecular formula is C32H29N5O4S2. The molecule has 0 radical (unpaired) electrons. The van der Waals surface area contributed by atoms with E-state index in [1.165, 1.54) is 11.3 Å².